The van der Waals surface area contributed by atoms with Gasteiger partial charge in [0.25, 0.3) is 0 Å². The third-order valence-corrected chi connectivity index (χ3v) is 5.84. The van der Waals surface area contributed by atoms with E-state index in [1.54, 1.807) is 0 Å². The zero-order chi connectivity index (χ0) is 23.4. The van der Waals surface area contributed by atoms with E-state index < -0.39 is 59.7 Å². The highest BCUT2D eigenvalue weighted by Gasteiger charge is 2.57. The summed E-state index contributed by atoms with van der Waals surface area (Å²) in [6, 6.07) is 5.59. The van der Waals surface area contributed by atoms with Gasteiger partial charge in [0.1, 0.15) is 5.69 Å². The van der Waals surface area contributed by atoms with E-state index in [0.29, 0.717) is 0 Å². The van der Waals surface area contributed by atoms with E-state index in [1.165, 1.54) is 19.1 Å². The summed E-state index contributed by atoms with van der Waals surface area (Å²) >= 11 is 0. The van der Waals surface area contributed by atoms with Crippen LogP contribution in [0, 0.1) is 12.8 Å². The van der Waals surface area contributed by atoms with Crippen molar-refractivity contribution < 1.29 is 41.0 Å². The topological polar surface area (TPSA) is 71.5 Å². The lowest BCUT2D eigenvalue weighted by atomic mass is 9.73. The van der Waals surface area contributed by atoms with Crippen LogP contribution in [0.25, 0.3) is 0 Å². The van der Waals surface area contributed by atoms with E-state index in [1.807, 2.05) is 0 Å². The smallest absolute Gasteiger partial charge is 0.390 e. The molecule has 2 N–H and O–H groups in total. The molecule has 4 rings (SSSR count). The molecule has 2 aliphatic rings. The monoisotopic (exact) mass is 460 g/mol. The van der Waals surface area contributed by atoms with E-state index in [9.17, 15) is 36.2 Å². The van der Waals surface area contributed by atoms with Gasteiger partial charge in [-0.3, -0.25) is 4.79 Å². The number of pyridine rings is 1. The first kappa shape index (κ1) is 22.5. The first-order valence-corrected chi connectivity index (χ1v) is 9.71. The van der Waals surface area contributed by atoms with Crippen molar-refractivity contribution in [2.45, 2.75) is 49.9 Å². The van der Waals surface area contributed by atoms with Crippen molar-refractivity contribution in [1.29, 1.82) is 0 Å². The summed E-state index contributed by atoms with van der Waals surface area (Å²) in [5.74, 6) is -2.42. The molecule has 0 aliphatic carbocycles. The van der Waals surface area contributed by atoms with Crippen LogP contribution < -0.4 is 5.32 Å². The van der Waals surface area contributed by atoms with Crippen LogP contribution in [0.15, 0.2) is 36.5 Å². The Morgan fingerprint density at radius 2 is 1.88 bits per heavy atom. The van der Waals surface area contributed by atoms with E-state index in [4.69, 9.17) is 4.74 Å². The highest BCUT2D eigenvalue weighted by molar-refractivity contribution is 5.94. The number of carbonyl (C=O) groups excluding carboxylic acids is 1. The maximum Gasteiger partial charge on any atom is 0.433 e. The predicted molar refractivity (Wildman–Crippen MR) is 99.6 cm³/mol. The minimum absolute atomic E-state index is 0.0200. The van der Waals surface area contributed by atoms with Crippen molar-refractivity contribution >= 4 is 11.6 Å². The van der Waals surface area contributed by atoms with Crippen LogP contribution in [0.2, 0.25) is 0 Å². The average molecular weight is 460 g/mol. The number of nitrogens with one attached hydrogen (secondary N) is 1. The molecule has 2 aliphatic heterocycles. The van der Waals surface area contributed by atoms with Crippen LogP contribution in [0.5, 0.6) is 0 Å². The Bertz CT molecular complexity index is 1040. The van der Waals surface area contributed by atoms with Crippen LogP contribution >= 0.6 is 0 Å². The number of ether oxygens (including phenoxy) is 1. The minimum atomic E-state index is -4.64. The standard InChI is InChI=1S/C21H18F6N2O3/c1-9-5-12(8-28-18(9)21(25,26)27)29-19(31)16-14-7-13(30)17(32-14)15(16)10-3-2-4-11(6-10)20(22,23)24/h2-6,8,13-17,30H,7H2,1H3,(H,29,31)/t13-,14+,15+,16-,17-/m0/s1. The van der Waals surface area contributed by atoms with Gasteiger partial charge in [0.15, 0.2) is 0 Å². The number of alkyl halides is 6. The molecule has 172 valence electrons. The van der Waals surface area contributed by atoms with Crippen molar-refractivity contribution in [1.82, 2.24) is 4.98 Å². The molecular formula is C21H18F6N2O3. The van der Waals surface area contributed by atoms with Gasteiger partial charge in [-0.25, -0.2) is 4.98 Å². The van der Waals surface area contributed by atoms with Crippen LogP contribution in [0.4, 0.5) is 32.0 Å². The van der Waals surface area contributed by atoms with Gasteiger partial charge in [-0.05, 0) is 30.2 Å². The number of aliphatic hydroxyl groups is 1. The summed E-state index contributed by atoms with van der Waals surface area (Å²) < 4.78 is 83.9. The summed E-state index contributed by atoms with van der Waals surface area (Å²) in [5.41, 5.74) is -1.96. The molecule has 11 heteroatoms. The second-order valence-electron chi connectivity index (χ2n) is 7.99. The largest absolute Gasteiger partial charge is 0.433 e. The van der Waals surface area contributed by atoms with E-state index in [2.05, 4.69) is 10.3 Å². The van der Waals surface area contributed by atoms with Crippen LogP contribution in [0.1, 0.15) is 34.7 Å². The zero-order valence-electron chi connectivity index (χ0n) is 16.5. The van der Waals surface area contributed by atoms with Crippen molar-refractivity contribution in [2.24, 2.45) is 5.92 Å². The van der Waals surface area contributed by atoms with Gasteiger partial charge in [0.05, 0.1) is 41.7 Å². The molecule has 0 spiro atoms. The van der Waals surface area contributed by atoms with E-state index >= 15 is 0 Å². The molecule has 3 heterocycles. The van der Waals surface area contributed by atoms with E-state index in [-0.39, 0.29) is 23.2 Å². The van der Waals surface area contributed by atoms with Gasteiger partial charge in [-0.1, -0.05) is 18.2 Å². The summed E-state index contributed by atoms with van der Waals surface area (Å²) in [6.45, 7) is 1.20. The SMILES string of the molecule is Cc1cc(NC(=O)[C@@H]2[C@@H](c3cccc(C(F)(F)F)c3)[C@H]3O[C@@H]2C[C@@H]3O)cnc1C(F)(F)F. The van der Waals surface area contributed by atoms with Gasteiger partial charge < -0.3 is 15.2 Å². The Morgan fingerprint density at radius 1 is 1.16 bits per heavy atom. The van der Waals surface area contributed by atoms with E-state index in [0.717, 1.165) is 24.4 Å². The van der Waals surface area contributed by atoms with Crippen LogP contribution in [0.3, 0.4) is 0 Å². The first-order chi connectivity index (χ1) is 14.9. The molecule has 2 bridgehead atoms. The molecule has 0 saturated carbocycles. The molecule has 2 saturated heterocycles. The first-order valence-electron chi connectivity index (χ1n) is 9.71. The second-order valence-corrected chi connectivity index (χ2v) is 7.99. The van der Waals surface area contributed by atoms with Crippen molar-refractivity contribution in [3.05, 3.63) is 58.9 Å². The molecule has 5 nitrogen and oxygen atoms in total. The van der Waals surface area contributed by atoms with Crippen molar-refractivity contribution in [3.63, 3.8) is 0 Å². The van der Waals surface area contributed by atoms with Crippen LogP contribution in [-0.2, 0) is 21.9 Å². The number of halogens is 6. The number of rotatable bonds is 3. The fourth-order valence-electron chi connectivity index (χ4n) is 4.53. The number of carbonyl (C=O) groups is 1. The summed E-state index contributed by atoms with van der Waals surface area (Å²) in [5, 5.41) is 12.7. The number of hydrogen-bond acceptors (Lipinski definition) is 4. The number of anilines is 1. The molecular weight excluding hydrogens is 442 g/mol. The number of benzene rings is 1. The fraction of sp³-hybridized carbons (Fsp3) is 0.429. The molecule has 2 fully saturated rings. The molecule has 0 radical (unpaired) electrons. The zero-order valence-corrected chi connectivity index (χ0v) is 16.5. The van der Waals surface area contributed by atoms with Crippen LogP contribution in [-0.4, -0.2) is 34.3 Å². The van der Waals surface area contributed by atoms with Gasteiger partial charge in [-0.2, -0.15) is 26.3 Å². The second kappa shape index (κ2) is 7.73. The number of fused-ring (bicyclic) bond motifs is 2. The Kier molecular flexibility index (Phi) is 5.44. The number of amides is 1. The number of aromatic nitrogens is 1. The Labute approximate surface area is 178 Å². The maximum atomic E-state index is 13.2. The molecule has 32 heavy (non-hydrogen) atoms. The number of aryl methyl sites for hydroxylation is 1. The quantitative estimate of drug-likeness (QED) is 0.671. The lowest BCUT2D eigenvalue weighted by molar-refractivity contribution is -0.141. The average Bonchev–Trinajstić information content (AvgIpc) is 3.23. The minimum Gasteiger partial charge on any atom is -0.390 e. The highest BCUT2D eigenvalue weighted by atomic mass is 19.4. The number of nitrogens with zero attached hydrogens (tertiary/aromatic N) is 1. The summed E-state index contributed by atoms with van der Waals surface area (Å²) in [6.07, 6.45) is -10.8. The highest BCUT2D eigenvalue weighted by Crippen LogP contribution is 2.50. The lowest BCUT2D eigenvalue weighted by Gasteiger charge is -2.30. The lowest BCUT2D eigenvalue weighted by Crippen LogP contribution is -2.41. The summed E-state index contributed by atoms with van der Waals surface area (Å²) in [4.78, 5) is 16.4. The molecule has 1 amide bonds. The normalized spacial score (nSPS) is 27.6. The Hall–Kier alpha value is -2.66. The maximum absolute atomic E-state index is 13.2. The molecule has 2 aromatic rings. The third kappa shape index (κ3) is 4.06. The molecule has 1 aromatic carbocycles. The predicted octanol–water partition coefficient (Wildman–Crippen LogP) is 4.30. The molecule has 0 unspecified atom stereocenters. The van der Waals surface area contributed by atoms with Gasteiger partial charge in [0, 0.05) is 12.3 Å². The summed E-state index contributed by atoms with van der Waals surface area (Å²) in [7, 11) is 0. The number of aliphatic hydroxyl groups excluding tert-OH is 1. The van der Waals surface area contributed by atoms with Gasteiger partial charge in [-0.15, -0.1) is 0 Å². The van der Waals surface area contributed by atoms with Crippen molar-refractivity contribution in [2.75, 3.05) is 5.32 Å². The Morgan fingerprint density at radius 3 is 2.50 bits per heavy atom. The molecule has 1 aromatic heterocycles. The number of hydrogen-bond donors (Lipinski definition) is 2. The van der Waals surface area contributed by atoms with Crippen molar-refractivity contribution in [3.8, 4) is 0 Å². The fourth-order valence-corrected chi connectivity index (χ4v) is 4.53. The third-order valence-electron chi connectivity index (χ3n) is 5.84. The van der Waals surface area contributed by atoms with Gasteiger partial charge >= 0.3 is 12.4 Å². The van der Waals surface area contributed by atoms with Gasteiger partial charge in [0.2, 0.25) is 5.91 Å². The molecule has 5 atom stereocenters. The Balaban J connectivity index is 1.62.